The SMILES string of the molecule is CCNCc1cc(N2CCC(SC)CC2)ccn1. The fourth-order valence-electron chi connectivity index (χ4n) is 2.36. The van der Waals surface area contributed by atoms with E-state index in [2.05, 4.69) is 40.5 Å². The van der Waals surface area contributed by atoms with E-state index in [1.807, 2.05) is 18.0 Å². The van der Waals surface area contributed by atoms with E-state index in [0.717, 1.165) is 24.0 Å². The lowest BCUT2D eigenvalue weighted by Crippen LogP contribution is -2.34. The highest BCUT2D eigenvalue weighted by Crippen LogP contribution is 2.25. The number of piperidine rings is 1. The lowest BCUT2D eigenvalue weighted by Gasteiger charge is -2.33. The van der Waals surface area contributed by atoms with E-state index < -0.39 is 0 Å². The van der Waals surface area contributed by atoms with Crippen molar-refractivity contribution >= 4 is 17.4 Å². The molecule has 1 aliphatic heterocycles. The van der Waals surface area contributed by atoms with Crippen molar-refractivity contribution in [3.05, 3.63) is 24.0 Å². The first-order valence-corrected chi connectivity index (χ1v) is 8.05. The predicted molar refractivity (Wildman–Crippen MR) is 80.4 cm³/mol. The minimum Gasteiger partial charge on any atom is -0.371 e. The Bertz CT molecular complexity index is 362. The van der Waals surface area contributed by atoms with Gasteiger partial charge in [-0.3, -0.25) is 4.98 Å². The molecular formula is C14H23N3S. The van der Waals surface area contributed by atoms with Gasteiger partial charge in [-0.15, -0.1) is 0 Å². The van der Waals surface area contributed by atoms with E-state index in [4.69, 9.17) is 0 Å². The van der Waals surface area contributed by atoms with Gasteiger partial charge in [0.2, 0.25) is 0 Å². The van der Waals surface area contributed by atoms with Gasteiger partial charge in [0.1, 0.15) is 0 Å². The predicted octanol–water partition coefficient (Wildman–Crippen LogP) is 2.52. The molecule has 1 aromatic rings. The quantitative estimate of drug-likeness (QED) is 0.885. The minimum absolute atomic E-state index is 0.851. The number of anilines is 1. The average molecular weight is 265 g/mol. The summed E-state index contributed by atoms with van der Waals surface area (Å²) in [6.45, 7) is 6.33. The summed E-state index contributed by atoms with van der Waals surface area (Å²) in [5.41, 5.74) is 2.47. The second-order valence-corrected chi connectivity index (χ2v) is 5.85. The number of hydrogen-bond acceptors (Lipinski definition) is 4. The second kappa shape index (κ2) is 7.00. The zero-order valence-electron chi connectivity index (χ0n) is 11.4. The van der Waals surface area contributed by atoms with Gasteiger partial charge >= 0.3 is 0 Å². The van der Waals surface area contributed by atoms with E-state index >= 15 is 0 Å². The maximum Gasteiger partial charge on any atom is 0.0562 e. The molecule has 0 radical (unpaired) electrons. The van der Waals surface area contributed by atoms with Crippen LogP contribution in [0.15, 0.2) is 18.3 Å². The number of aromatic nitrogens is 1. The Morgan fingerprint density at radius 1 is 1.44 bits per heavy atom. The van der Waals surface area contributed by atoms with Gasteiger partial charge in [-0.1, -0.05) is 6.92 Å². The maximum absolute atomic E-state index is 4.41. The molecule has 3 nitrogen and oxygen atoms in total. The molecule has 2 heterocycles. The molecule has 0 aromatic carbocycles. The van der Waals surface area contributed by atoms with Crippen LogP contribution < -0.4 is 10.2 Å². The topological polar surface area (TPSA) is 28.2 Å². The van der Waals surface area contributed by atoms with Crippen LogP contribution >= 0.6 is 11.8 Å². The maximum atomic E-state index is 4.41. The molecule has 18 heavy (non-hydrogen) atoms. The Kier molecular flexibility index (Phi) is 5.32. The molecule has 0 bridgehead atoms. The summed E-state index contributed by atoms with van der Waals surface area (Å²) >= 11 is 2.01. The van der Waals surface area contributed by atoms with Crippen molar-refractivity contribution in [1.29, 1.82) is 0 Å². The molecule has 1 saturated heterocycles. The Hall–Kier alpha value is -0.740. The molecular weight excluding hydrogens is 242 g/mol. The van der Waals surface area contributed by atoms with Crippen molar-refractivity contribution < 1.29 is 0 Å². The summed E-state index contributed by atoms with van der Waals surface area (Å²) < 4.78 is 0. The van der Waals surface area contributed by atoms with Crippen LogP contribution in [-0.4, -0.2) is 36.1 Å². The van der Waals surface area contributed by atoms with Gasteiger partial charge in [0.05, 0.1) is 5.69 Å². The lowest BCUT2D eigenvalue weighted by atomic mass is 10.1. The summed E-state index contributed by atoms with van der Waals surface area (Å²) in [7, 11) is 0. The van der Waals surface area contributed by atoms with Crippen LogP contribution in [0, 0.1) is 0 Å². The van der Waals surface area contributed by atoms with Crippen molar-refractivity contribution in [2.24, 2.45) is 0 Å². The molecule has 2 rings (SSSR count). The number of hydrogen-bond donors (Lipinski definition) is 1. The Labute approximate surface area is 114 Å². The number of nitrogens with zero attached hydrogens (tertiary/aromatic N) is 2. The first-order chi connectivity index (χ1) is 8.83. The van der Waals surface area contributed by atoms with Crippen molar-refractivity contribution in [3.63, 3.8) is 0 Å². The highest BCUT2D eigenvalue weighted by molar-refractivity contribution is 7.99. The zero-order valence-corrected chi connectivity index (χ0v) is 12.2. The van der Waals surface area contributed by atoms with Gasteiger partial charge in [-0.2, -0.15) is 11.8 Å². The fourth-order valence-corrected chi connectivity index (χ4v) is 3.04. The van der Waals surface area contributed by atoms with E-state index in [0.29, 0.717) is 0 Å². The van der Waals surface area contributed by atoms with Crippen molar-refractivity contribution in [1.82, 2.24) is 10.3 Å². The first kappa shape index (κ1) is 13.7. The van der Waals surface area contributed by atoms with E-state index in [1.54, 1.807) is 0 Å². The van der Waals surface area contributed by atoms with Gasteiger partial charge in [0, 0.05) is 36.8 Å². The van der Waals surface area contributed by atoms with Crippen molar-refractivity contribution in [2.75, 3.05) is 30.8 Å². The monoisotopic (exact) mass is 265 g/mol. The molecule has 0 aliphatic carbocycles. The largest absolute Gasteiger partial charge is 0.371 e. The molecule has 0 saturated carbocycles. The van der Waals surface area contributed by atoms with Crippen LogP contribution in [0.4, 0.5) is 5.69 Å². The fraction of sp³-hybridized carbons (Fsp3) is 0.643. The molecule has 0 unspecified atom stereocenters. The highest BCUT2D eigenvalue weighted by atomic mass is 32.2. The molecule has 0 spiro atoms. The molecule has 1 aliphatic rings. The summed E-state index contributed by atoms with van der Waals surface area (Å²) in [5.74, 6) is 0. The van der Waals surface area contributed by atoms with Gasteiger partial charge < -0.3 is 10.2 Å². The highest BCUT2D eigenvalue weighted by Gasteiger charge is 2.18. The number of thioether (sulfide) groups is 1. The van der Waals surface area contributed by atoms with Crippen molar-refractivity contribution in [3.8, 4) is 0 Å². The average Bonchev–Trinajstić information content (AvgIpc) is 2.45. The van der Waals surface area contributed by atoms with Gasteiger partial charge in [-0.05, 0) is 37.8 Å². The Morgan fingerprint density at radius 3 is 2.89 bits per heavy atom. The number of nitrogens with one attached hydrogen (secondary N) is 1. The Balaban J connectivity index is 1.96. The molecule has 4 heteroatoms. The molecule has 1 aromatic heterocycles. The van der Waals surface area contributed by atoms with Crippen LogP contribution in [0.3, 0.4) is 0 Å². The van der Waals surface area contributed by atoms with E-state index in [1.165, 1.54) is 31.6 Å². The molecule has 100 valence electrons. The minimum atomic E-state index is 0.851. The van der Waals surface area contributed by atoms with Crippen LogP contribution in [0.25, 0.3) is 0 Å². The van der Waals surface area contributed by atoms with E-state index in [9.17, 15) is 0 Å². The summed E-state index contributed by atoms with van der Waals surface area (Å²) in [4.78, 5) is 6.90. The summed E-state index contributed by atoms with van der Waals surface area (Å²) in [6, 6.07) is 4.36. The lowest BCUT2D eigenvalue weighted by molar-refractivity contribution is 0.591. The van der Waals surface area contributed by atoms with Crippen LogP contribution in [0.5, 0.6) is 0 Å². The summed E-state index contributed by atoms with van der Waals surface area (Å²) in [6.07, 6.45) is 6.75. The molecule has 0 amide bonds. The third-order valence-corrected chi connectivity index (χ3v) is 4.63. The summed E-state index contributed by atoms with van der Waals surface area (Å²) in [5, 5.41) is 4.18. The van der Waals surface area contributed by atoms with Crippen LogP contribution in [-0.2, 0) is 6.54 Å². The van der Waals surface area contributed by atoms with Crippen LogP contribution in [0.2, 0.25) is 0 Å². The smallest absolute Gasteiger partial charge is 0.0562 e. The molecule has 0 atom stereocenters. The Morgan fingerprint density at radius 2 is 2.22 bits per heavy atom. The van der Waals surface area contributed by atoms with Gasteiger partial charge in [0.25, 0.3) is 0 Å². The van der Waals surface area contributed by atoms with Crippen molar-refractivity contribution in [2.45, 2.75) is 31.6 Å². The van der Waals surface area contributed by atoms with Gasteiger partial charge in [-0.25, -0.2) is 0 Å². The first-order valence-electron chi connectivity index (χ1n) is 6.77. The standard InChI is InChI=1S/C14H23N3S/c1-3-15-11-12-10-13(4-7-16-12)17-8-5-14(18-2)6-9-17/h4,7,10,14-15H,3,5-6,8-9,11H2,1-2H3. The third-order valence-electron chi connectivity index (χ3n) is 3.50. The van der Waals surface area contributed by atoms with E-state index in [-0.39, 0.29) is 0 Å². The normalized spacial score (nSPS) is 17.1. The zero-order chi connectivity index (χ0) is 12.8. The van der Waals surface area contributed by atoms with Gasteiger partial charge in [0.15, 0.2) is 0 Å². The number of pyridine rings is 1. The third kappa shape index (κ3) is 3.62. The second-order valence-electron chi connectivity index (χ2n) is 4.71. The van der Waals surface area contributed by atoms with Crippen LogP contribution in [0.1, 0.15) is 25.5 Å². The molecule has 1 fully saturated rings. The molecule has 1 N–H and O–H groups in total. The number of rotatable bonds is 5.